The predicted molar refractivity (Wildman–Crippen MR) is 92.1 cm³/mol. The normalized spacial score (nSPS) is 12.5. The second-order valence-electron chi connectivity index (χ2n) is 5.27. The van der Waals surface area contributed by atoms with E-state index in [4.69, 9.17) is 16.3 Å². The number of methoxy groups -OCH3 is 1. The maximum Gasteiger partial charge on any atom is 0.122 e. The lowest BCUT2D eigenvalue weighted by Crippen LogP contribution is -2.22. The van der Waals surface area contributed by atoms with Crippen LogP contribution in [0, 0.1) is 20.8 Å². The maximum absolute atomic E-state index is 6.49. The first-order valence-electron chi connectivity index (χ1n) is 7.11. The van der Waals surface area contributed by atoms with Crippen LogP contribution in [0.15, 0.2) is 17.5 Å². The van der Waals surface area contributed by atoms with Gasteiger partial charge in [0, 0.05) is 4.88 Å². The van der Waals surface area contributed by atoms with Gasteiger partial charge in [0.15, 0.2) is 0 Å². The van der Waals surface area contributed by atoms with Crippen molar-refractivity contribution in [2.24, 2.45) is 0 Å². The molecular formula is C17H22ClNOS. The van der Waals surface area contributed by atoms with Crippen molar-refractivity contribution in [2.45, 2.75) is 33.7 Å². The zero-order valence-electron chi connectivity index (χ0n) is 13.2. The summed E-state index contributed by atoms with van der Waals surface area (Å²) in [6, 6.07) is 4.43. The Hall–Kier alpha value is -1.03. The van der Waals surface area contributed by atoms with Crippen molar-refractivity contribution in [3.8, 4) is 5.75 Å². The summed E-state index contributed by atoms with van der Waals surface area (Å²) < 4.78 is 5.41. The zero-order chi connectivity index (χ0) is 15.6. The van der Waals surface area contributed by atoms with Crippen molar-refractivity contribution in [3.05, 3.63) is 49.7 Å². The smallest absolute Gasteiger partial charge is 0.122 e. The average Bonchev–Trinajstić information content (AvgIpc) is 2.79. The van der Waals surface area contributed by atoms with Gasteiger partial charge in [-0.15, -0.1) is 11.3 Å². The first-order valence-corrected chi connectivity index (χ1v) is 8.37. The van der Waals surface area contributed by atoms with Gasteiger partial charge in [-0.2, -0.15) is 0 Å². The van der Waals surface area contributed by atoms with Gasteiger partial charge in [-0.05, 0) is 61.0 Å². The highest BCUT2D eigenvalue weighted by Gasteiger charge is 2.21. The fourth-order valence-electron chi connectivity index (χ4n) is 2.54. The minimum atomic E-state index is 0.130. The van der Waals surface area contributed by atoms with Gasteiger partial charge < -0.3 is 10.1 Å². The third kappa shape index (κ3) is 3.25. The highest BCUT2D eigenvalue weighted by molar-refractivity contribution is 7.10. The number of benzene rings is 1. The molecule has 4 heteroatoms. The third-order valence-electron chi connectivity index (χ3n) is 3.69. The molecule has 0 saturated carbocycles. The molecule has 0 aliphatic carbocycles. The van der Waals surface area contributed by atoms with E-state index in [1.807, 2.05) is 0 Å². The van der Waals surface area contributed by atoms with E-state index in [0.29, 0.717) is 0 Å². The molecule has 0 radical (unpaired) electrons. The van der Waals surface area contributed by atoms with Crippen LogP contribution in [-0.2, 0) is 0 Å². The Morgan fingerprint density at radius 2 is 1.90 bits per heavy atom. The predicted octanol–water partition coefficient (Wildman–Crippen LogP) is 5.03. The minimum Gasteiger partial charge on any atom is -0.496 e. The minimum absolute atomic E-state index is 0.130. The molecule has 0 spiro atoms. The second kappa shape index (κ2) is 6.82. The number of hydrogen-bond acceptors (Lipinski definition) is 3. The van der Waals surface area contributed by atoms with Crippen LogP contribution >= 0.6 is 22.9 Å². The third-order valence-corrected chi connectivity index (χ3v) is 5.47. The zero-order valence-corrected chi connectivity index (χ0v) is 14.8. The van der Waals surface area contributed by atoms with Crippen LogP contribution in [0.5, 0.6) is 5.75 Å². The van der Waals surface area contributed by atoms with Crippen LogP contribution in [0.3, 0.4) is 0 Å². The molecule has 2 nitrogen and oxygen atoms in total. The van der Waals surface area contributed by atoms with Crippen molar-refractivity contribution in [3.63, 3.8) is 0 Å². The monoisotopic (exact) mass is 323 g/mol. The van der Waals surface area contributed by atoms with Crippen LogP contribution in [-0.4, -0.2) is 13.7 Å². The second-order valence-corrected chi connectivity index (χ2v) is 6.56. The molecule has 21 heavy (non-hydrogen) atoms. The molecule has 0 fully saturated rings. The fourth-order valence-corrected chi connectivity index (χ4v) is 3.93. The van der Waals surface area contributed by atoms with E-state index in [1.54, 1.807) is 18.4 Å². The Kier molecular flexibility index (Phi) is 5.31. The lowest BCUT2D eigenvalue weighted by Gasteiger charge is -2.21. The first-order chi connectivity index (χ1) is 9.99. The number of nitrogens with one attached hydrogen (secondary N) is 1. The summed E-state index contributed by atoms with van der Waals surface area (Å²) in [5, 5.41) is 6.55. The van der Waals surface area contributed by atoms with Crippen molar-refractivity contribution in [1.82, 2.24) is 5.32 Å². The van der Waals surface area contributed by atoms with Crippen molar-refractivity contribution in [2.75, 3.05) is 13.7 Å². The quantitative estimate of drug-likeness (QED) is 0.832. The molecule has 114 valence electrons. The highest BCUT2D eigenvalue weighted by Crippen LogP contribution is 2.38. The summed E-state index contributed by atoms with van der Waals surface area (Å²) in [7, 11) is 1.71. The number of halogens is 1. The highest BCUT2D eigenvalue weighted by atomic mass is 35.5. The van der Waals surface area contributed by atoms with E-state index in [1.165, 1.54) is 16.0 Å². The summed E-state index contributed by atoms with van der Waals surface area (Å²) in [5.41, 5.74) is 4.76. The number of ether oxygens (including phenoxy) is 1. The molecule has 2 aromatic rings. The van der Waals surface area contributed by atoms with Gasteiger partial charge in [-0.3, -0.25) is 0 Å². The van der Waals surface area contributed by atoms with Gasteiger partial charge in [0.1, 0.15) is 5.75 Å². The van der Waals surface area contributed by atoms with E-state index >= 15 is 0 Å². The molecule has 1 N–H and O–H groups in total. The summed E-state index contributed by atoms with van der Waals surface area (Å²) in [4.78, 5) is 1.18. The van der Waals surface area contributed by atoms with Crippen molar-refractivity contribution >= 4 is 22.9 Å². The molecule has 1 heterocycles. The Morgan fingerprint density at radius 3 is 2.43 bits per heavy atom. The Balaban J connectivity index is 2.53. The van der Waals surface area contributed by atoms with Gasteiger partial charge in [0.2, 0.25) is 0 Å². The van der Waals surface area contributed by atoms with E-state index in [0.717, 1.165) is 28.4 Å². The van der Waals surface area contributed by atoms with E-state index in [2.05, 4.69) is 50.5 Å². The van der Waals surface area contributed by atoms with Gasteiger partial charge in [-0.1, -0.05) is 24.6 Å². The number of aryl methyl sites for hydroxylation is 3. The Morgan fingerprint density at radius 1 is 1.19 bits per heavy atom. The molecule has 0 amide bonds. The van der Waals surface area contributed by atoms with E-state index in [-0.39, 0.29) is 6.04 Å². The molecule has 0 bridgehead atoms. The summed E-state index contributed by atoms with van der Waals surface area (Å²) in [5.74, 6) is 0.931. The summed E-state index contributed by atoms with van der Waals surface area (Å²) in [6.07, 6.45) is 0. The fraction of sp³-hybridized carbons (Fsp3) is 0.412. The molecule has 0 aliphatic rings. The topological polar surface area (TPSA) is 21.3 Å². The van der Waals surface area contributed by atoms with Gasteiger partial charge in [-0.25, -0.2) is 0 Å². The van der Waals surface area contributed by atoms with Gasteiger partial charge in [0.25, 0.3) is 0 Å². The van der Waals surface area contributed by atoms with Crippen LogP contribution in [0.1, 0.15) is 40.1 Å². The first kappa shape index (κ1) is 16.3. The largest absolute Gasteiger partial charge is 0.496 e. The number of thiophene rings is 1. The lowest BCUT2D eigenvalue weighted by atomic mass is 9.96. The van der Waals surface area contributed by atoms with E-state index < -0.39 is 0 Å². The Bertz CT molecular complexity index is 636. The van der Waals surface area contributed by atoms with Gasteiger partial charge in [0.05, 0.1) is 18.2 Å². The Labute approximate surface area is 136 Å². The lowest BCUT2D eigenvalue weighted by molar-refractivity contribution is 0.411. The number of rotatable bonds is 5. The molecule has 1 aromatic carbocycles. The standard InChI is InChI=1S/C17H22ClNOS/c1-6-19-16(17-15(18)12(4)9-21-17)13-7-11(3)14(20-5)8-10(13)2/h7-9,16,19H,6H2,1-5H3. The summed E-state index contributed by atoms with van der Waals surface area (Å²) >= 11 is 8.20. The molecular weight excluding hydrogens is 302 g/mol. The maximum atomic E-state index is 6.49. The average molecular weight is 324 g/mol. The molecule has 0 saturated heterocycles. The molecule has 1 aromatic heterocycles. The molecule has 0 aliphatic heterocycles. The van der Waals surface area contributed by atoms with Crippen molar-refractivity contribution < 1.29 is 4.74 Å². The van der Waals surface area contributed by atoms with Gasteiger partial charge >= 0.3 is 0 Å². The van der Waals surface area contributed by atoms with Crippen LogP contribution in [0.4, 0.5) is 0 Å². The SMILES string of the molecule is CCNC(c1cc(C)c(OC)cc1C)c1scc(C)c1Cl. The summed E-state index contributed by atoms with van der Waals surface area (Å²) in [6.45, 7) is 9.26. The van der Waals surface area contributed by atoms with Crippen LogP contribution in [0.2, 0.25) is 5.02 Å². The molecule has 2 rings (SSSR count). The van der Waals surface area contributed by atoms with Crippen molar-refractivity contribution in [1.29, 1.82) is 0 Å². The van der Waals surface area contributed by atoms with Crippen LogP contribution < -0.4 is 10.1 Å². The molecule has 1 unspecified atom stereocenters. The number of hydrogen-bond donors (Lipinski definition) is 1. The van der Waals surface area contributed by atoms with Crippen LogP contribution in [0.25, 0.3) is 0 Å². The molecule has 1 atom stereocenters. The van der Waals surface area contributed by atoms with E-state index in [9.17, 15) is 0 Å².